The fourth-order valence-electron chi connectivity index (χ4n) is 11.5. The Balaban J connectivity index is 4.01. The average Bonchev–Trinajstić information content (AvgIpc) is 3.51. The average molecular weight is 1190 g/mol. The summed E-state index contributed by atoms with van der Waals surface area (Å²) in [4.78, 5) is 37.5. The largest absolute Gasteiger partial charge is 0.545 e. The highest BCUT2D eigenvalue weighted by Gasteiger charge is 2.22. The van der Waals surface area contributed by atoms with Gasteiger partial charge in [-0.1, -0.05) is 353 Å². The molecular formula is C75H145NO8. The van der Waals surface area contributed by atoms with Gasteiger partial charge < -0.3 is 33.3 Å². The summed E-state index contributed by atoms with van der Waals surface area (Å²) in [6.45, 7) is 4.84. The van der Waals surface area contributed by atoms with E-state index in [2.05, 4.69) is 26.0 Å². The van der Waals surface area contributed by atoms with E-state index in [1.165, 1.54) is 327 Å². The summed E-state index contributed by atoms with van der Waals surface area (Å²) in [5, 5.41) is 11.8. The lowest BCUT2D eigenvalue weighted by Crippen LogP contribution is -2.44. The standard InChI is InChI=1S/C75H145NO8/c1-6-8-10-12-14-16-18-20-22-24-26-28-30-32-34-36-37-38-40-42-44-46-48-50-52-54-56-58-60-62-64-66-73(78)84-71(70-83-75(74(79)80)81-68-67-76(3,4)5)69-82-72(77)65-63-61-59-57-55-53-51-49-47-45-43-41-39-35-33-31-29-27-25-23-21-19-17-15-13-11-9-7-2/h24,26,71,75H,6-23,25,27-70H2,1-5H3/b26-24-. The molecule has 84 heavy (non-hydrogen) atoms. The summed E-state index contributed by atoms with van der Waals surface area (Å²) in [7, 11) is 5.95. The molecule has 9 heteroatoms. The minimum Gasteiger partial charge on any atom is -0.545 e. The quantitative estimate of drug-likeness (QED) is 0.0195. The van der Waals surface area contributed by atoms with Crippen molar-refractivity contribution in [3.05, 3.63) is 12.2 Å². The fraction of sp³-hybridized carbons (Fsp3) is 0.933. The van der Waals surface area contributed by atoms with E-state index in [1.54, 1.807) is 0 Å². The van der Waals surface area contributed by atoms with Crippen molar-refractivity contribution in [1.29, 1.82) is 0 Å². The van der Waals surface area contributed by atoms with Crippen molar-refractivity contribution in [2.75, 3.05) is 47.5 Å². The number of esters is 2. The Morgan fingerprint density at radius 2 is 0.607 bits per heavy atom. The number of allylic oxidation sites excluding steroid dienone is 2. The van der Waals surface area contributed by atoms with Gasteiger partial charge in [-0.2, -0.15) is 0 Å². The van der Waals surface area contributed by atoms with Gasteiger partial charge in [0.15, 0.2) is 12.4 Å². The van der Waals surface area contributed by atoms with Gasteiger partial charge in [0.25, 0.3) is 0 Å². The van der Waals surface area contributed by atoms with E-state index < -0.39 is 24.3 Å². The number of likely N-dealkylation sites (N-methyl/N-ethyl adjacent to an activating group) is 1. The first-order valence-corrected chi connectivity index (χ1v) is 37.3. The molecule has 0 aliphatic heterocycles. The van der Waals surface area contributed by atoms with Crippen LogP contribution in [-0.4, -0.2) is 82.3 Å². The van der Waals surface area contributed by atoms with Gasteiger partial charge in [-0.05, 0) is 38.5 Å². The number of carbonyl (C=O) groups is 3. The Labute approximate surface area is 523 Å². The Bertz CT molecular complexity index is 1380. The van der Waals surface area contributed by atoms with Crippen molar-refractivity contribution in [2.24, 2.45) is 0 Å². The maximum atomic E-state index is 12.9. The van der Waals surface area contributed by atoms with Crippen LogP contribution in [0, 0.1) is 0 Å². The summed E-state index contributed by atoms with van der Waals surface area (Å²) in [5.41, 5.74) is 0. The maximum Gasteiger partial charge on any atom is 0.306 e. The molecule has 9 nitrogen and oxygen atoms in total. The molecule has 498 valence electrons. The number of ether oxygens (including phenoxy) is 4. The predicted octanol–water partition coefficient (Wildman–Crippen LogP) is 21.9. The summed E-state index contributed by atoms with van der Waals surface area (Å²) in [6, 6.07) is 0. The summed E-state index contributed by atoms with van der Waals surface area (Å²) in [5.74, 6) is -2.24. The van der Waals surface area contributed by atoms with Crippen LogP contribution in [0.15, 0.2) is 12.2 Å². The predicted molar refractivity (Wildman–Crippen MR) is 357 cm³/mol. The number of hydrogen-bond acceptors (Lipinski definition) is 8. The first-order chi connectivity index (χ1) is 41.1. The van der Waals surface area contributed by atoms with Gasteiger partial charge in [0, 0.05) is 12.8 Å². The van der Waals surface area contributed by atoms with Crippen molar-refractivity contribution in [1.82, 2.24) is 0 Å². The molecule has 0 fully saturated rings. The molecule has 0 aliphatic carbocycles. The molecule has 0 radical (unpaired) electrons. The number of carboxylic acids is 1. The SMILES string of the molecule is CCCCCCCCCC/C=C\CCCCCCCCCCCCCCCCCCCCCC(=O)OC(COC(=O)CCCCCCCCCCCCCCCCCCCCCCCCCCCCCC)COC(OCC[N+](C)(C)C)C(=O)[O-]. The van der Waals surface area contributed by atoms with E-state index in [1.807, 2.05) is 21.1 Å². The molecule has 2 atom stereocenters. The zero-order chi connectivity index (χ0) is 61.2. The molecule has 0 rings (SSSR count). The van der Waals surface area contributed by atoms with Gasteiger partial charge in [0.05, 0.1) is 40.3 Å². The van der Waals surface area contributed by atoms with Crippen LogP contribution in [0.25, 0.3) is 0 Å². The topological polar surface area (TPSA) is 111 Å². The lowest BCUT2D eigenvalue weighted by molar-refractivity contribution is -0.870. The third-order valence-electron chi connectivity index (χ3n) is 17.3. The second kappa shape index (κ2) is 67.0. The second-order valence-electron chi connectivity index (χ2n) is 27.0. The van der Waals surface area contributed by atoms with Crippen molar-refractivity contribution < 1.29 is 42.9 Å². The molecule has 0 amide bonds. The number of rotatable bonds is 71. The molecule has 0 bridgehead atoms. The molecule has 0 spiro atoms. The van der Waals surface area contributed by atoms with Crippen LogP contribution in [-0.2, 0) is 33.3 Å². The normalized spacial score (nSPS) is 12.6. The van der Waals surface area contributed by atoms with Crippen LogP contribution in [0.2, 0.25) is 0 Å². The minimum atomic E-state index is -1.62. The van der Waals surface area contributed by atoms with Gasteiger partial charge in [0.2, 0.25) is 0 Å². The number of aliphatic carboxylic acids is 1. The van der Waals surface area contributed by atoms with Gasteiger partial charge in [0.1, 0.15) is 13.2 Å². The van der Waals surface area contributed by atoms with Crippen molar-refractivity contribution in [3.63, 3.8) is 0 Å². The molecular weight excluding hydrogens is 1040 g/mol. The zero-order valence-electron chi connectivity index (χ0n) is 57.1. The number of carbonyl (C=O) groups excluding carboxylic acids is 3. The zero-order valence-corrected chi connectivity index (χ0v) is 57.1. The Morgan fingerprint density at radius 1 is 0.345 bits per heavy atom. The molecule has 0 heterocycles. The molecule has 2 unspecified atom stereocenters. The van der Waals surface area contributed by atoms with Crippen LogP contribution < -0.4 is 5.11 Å². The smallest absolute Gasteiger partial charge is 0.306 e. The number of nitrogens with zero attached hydrogens (tertiary/aromatic N) is 1. The number of unbranched alkanes of at least 4 members (excludes halogenated alkanes) is 54. The van der Waals surface area contributed by atoms with Gasteiger partial charge in [-0.15, -0.1) is 0 Å². The third-order valence-corrected chi connectivity index (χ3v) is 17.3. The van der Waals surface area contributed by atoms with Crippen molar-refractivity contribution in [2.45, 2.75) is 405 Å². The number of quaternary nitrogens is 1. The highest BCUT2D eigenvalue weighted by molar-refractivity contribution is 5.70. The van der Waals surface area contributed by atoms with Gasteiger partial charge in [-0.3, -0.25) is 9.59 Å². The fourth-order valence-corrected chi connectivity index (χ4v) is 11.5. The van der Waals surface area contributed by atoms with Gasteiger partial charge in [-0.25, -0.2) is 0 Å². The maximum absolute atomic E-state index is 12.9. The Kier molecular flexibility index (Phi) is 65.4. The highest BCUT2D eigenvalue weighted by atomic mass is 16.7. The lowest BCUT2D eigenvalue weighted by Gasteiger charge is -2.26. The van der Waals surface area contributed by atoms with Crippen molar-refractivity contribution >= 4 is 17.9 Å². The van der Waals surface area contributed by atoms with Crippen LogP contribution in [0.1, 0.15) is 393 Å². The molecule has 0 aromatic carbocycles. The van der Waals surface area contributed by atoms with E-state index in [0.717, 1.165) is 38.5 Å². The summed E-state index contributed by atoms with van der Waals surface area (Å²) < 4.78 is 22.9. The third kappa shape index (κ3) is 67.5. The highest BCUT2D eigenvalue weighted by Crippen LogP contribution is 2.20. The lowest BCUT2D eigenvalue weighted by atomic mass is 10.0. The van der Waals surface area contributed by atoms with Crippen LogP contribution in [0.3, 0.4) is 0 Å². The first-order valence-electron chi connectivity index (χ1n) is 37.3. The monoisotopic (exact) mass is 1190 g/mol. The van der Waals surface area contributed by atoms with E-state index in [9.17, 15) is 19.5 Å². The second-order valence-corrected chi connectivity index (χ2v) is 27.0. The van der Waals surface area contributed by atoms with Crippen molar-refractivity contribution in [3.8, 4) is 0 Å². The molecule has 0 saturated heterocycles. The van der Waals surface area contributed by atoms with Crippen LogP contribution in [0.4, 0.5) is 0 Å². The molecule has 0 N–H and O–H groups in total. The molecule has 0 aromatic heterocycles. The molecule has 0 aromatic rings. The van der Waals surface area contributed by atoms with Gasteiger partial charge >= 0.3 is 11.9 Å². The number of carboxylic acid groups (broad SMARTS) is 1. The van der Waals surface area contributed by atoms with E-state index >= 15 is 0 Å². The molecule has 0 aliphatic rings. The summed E-state index contributed by atoms with van der Waals surface area (Å²) >= 11 is 0. The number of hydrogen-bond donors (Lipinski definition) is 0. The first kappa shape index (κ1) is 82.0. The summed E-state index contributed by atoms with van der Waals surface area (Å²) in [6.07, 6.45) is 78.9. The van der Waals surface area contributed by atoms with Crippen LogP contribution in [0.5, 0.6) is 0 Å². The van der Waals surface area contributed by atoms with Crippen LogP contribution >= 0.6 is 0 Å². The minimum absolute atomic E-state index is 0.153. The van der Waals surface area contributed by atoms with E-state index in [4.69, 9.17) is 18.9 Å². The van der Waals surface area contributed by atoms with E-state index in [0.29, 0.717) is 17.4 Å². The molecule has 0 saturated carbocycles. The Hall–Kier alpha value is -1.97. The Morgan fingerprint density at radius 3 is 0.881 bits per heavy atom. The van der Waals surface area contributed by atoms with E-state index in [-0.39, 0.29) is 32.2 Å².